The van der Waals surface area contributed by atoms with Gasteiger partial charge in [-0.05, 0) is 99.1 Å². The molecule has 3 heterocycles. The van der Waals surface area contributed by atoms with E-state index >= 15 is 0 Å². The van der Waals surface area contributed by atoms with E-state index in [0.29, 0.717) is 17.3 Å². The normalized spacial score (nSPS) is 16.9. The fourth-order valence-corrected chi connectivity index (χ4v) is 5.93. The number of benzene rings is 2. The lowest BCUT2D eigenvalue weighted by Crippen LogP contribution is -2.33. The summed E-state index contributed by atoms with van der Waals surface area (Å²) in [5, 5.41) is 6.89. The molecule has 1 saturated heterocycles. The lowest BCUT2D eigenvalue weighted by molar-refractivity contribution is -0.137. The number of pyridine rings is 1. The predicted molar refractivity (Wildman–Crippen MR) is 162 cm³/mol. The zero-order chi connectivity index (χ0) is 30.2. The molecule has 5 rings (SSSR count). The van der Waals surface area contributed by atoms with Crippen molar-refractivity contribution < 1.29 is 18.0 Å². The lowest BCUT2D eigenvalue weighted by atomic mass is 9.96. The van der Waals surface area contributed by atoms with Crippen molar-refractivity contribution in [1.29, 1.82) is 0 Å². The number of nitrogens with zero attached hydrogens (tertiary/aromatic N) is 3. The number of aromatic nitrogens is 2. The number of thiocarbonyl (C=S) groups is 1. The molecule has 10 heteroatoms. The highest BCUT2D eigenvalue weighted by atomic mass is 32.1. The Bertz CT molecular complexity index is 1630. The largest absolute Gasteiger partial charge is 0.416 e. The highest BCUT2D eigenvalue weighted by molar-refractivity contribution is 7.80. The van der Waals surface area contributed by atoms with Gasteiger partial charge in [0.15, 0.2) is 5.11 Å². The highest BCUT2D eigenvalue weighted by Gasteiger charge is 2.41. The molecular weight excluding hydrogens is 559 g/mol. The SMILES string of the molecule is Cc1ccc(C)c(NC(=O)CCN2C(=S)N[C@H](c3ccccn3)[C@@H]2c2cc(C)n(-c3cccc(C(F)(F)F)c3)c2C)c1. The van der Waals surface area contributed by atoms with E-state index in [1.165, 1.54) is 6.07 Å². The second-order valence-electron chi connectivity index (χ2n) is 10.6. The van der Waals surface area contributed by atoms with Crippen molar-refractivity contribution in [3.8, 4) is 5.69 Å². The molecule has 0 aliphatic carbocycles. The minimum atomic E-state index is -4.45. The molecular formula is C32H32F3N5OS. The van der Waals surface area contributed by atoms with Crippen LogP contribution < -0.4 is 10.6 Å². The van der Waals surface area contributed by atoms with Crippen LogP contribution in [0.2, 0.25) is 0 Å². The van der Waals surface area contributed by atoms with Gasteiger partial charge >= 0.3 is 6.18 Å². The Kier molecular flexibility index (Phi) is 8.10. The average molecular weight is 592 g/mol. The van der Waals surface area contributed by atoms with Crippen molar-refractivity contribution in [2.24, 2.45) is 0 Å². The summed E-state index contributed by atoms with van der Waals surface area (Å²) in [6.45, 7) is 8.02. The zero-order valence-electron chi connectivity index (χ0n) is 23.8. The second-order valence-corrected chi connectivity index (χ2v) is 11.0. The molecule has 1 amide bonds. The Hall–Kier alpha value is -4.18. The Morgan fingerprint density at radius 2 is 1.81 bits per heavy atom. The maximum absolute atomic E-state index is 13.5. The number of halogens is 3. The highest BCUT2D eigenvalue weighted by Crippen LogP contribution is 2.42. The first-order chi connectivity index (χ1) is 19.9. The summed E-state index contributed by atoms with van der Waals surface area (Å²) in [6, 6.07) is 18.2. The standard InChI is InChI=1S/C32H32F3N5OS/c1-19-11-12-20(2)27(16-19)37-28(41)13-15-39-30(29(38-31(39)42)26-10-5-6-14-36-26)25-17-21(3)40(22(25)4)24-9-7-8-23(18-24)32(33,34)35/h5-12,14,16-18,29-30H,13,15H2,1-4H3,(H,37,41)(H,38,42)/t29-,30+/m1/s1. The van der Waals surface area contributed by atoms with E-state index < -0.39 is 11.7 Å². The summed E-state index contributed by atoms with van der Waals surface area (Å²) in [5.41, 5.74) is 5.75. The Balaban J connectivity index is 1.49. The van der Waals surface area contributed by atoms with Gasteiger partial charge in [-0.15, -0.1) is 0 Å². The molecule has 2 atom stereocenters. The van der Waals surface area contributed by atoms with Crippen molar-refractivity contribution >= 4 is 28.9 Å². The number of anilines is 1. The van der Waals surface area contributed by atoms with Crippen LogP contribution in [0.25, 0.3) is 5.69 Å². The first kappa shape index (κ1) is 29.3. The second kappa shape index (κ2) is 11.6. The summed E-state index contributed by atoms with van der Waals surface area (Å²) >= 11 is 5.77. The molecule has 2 aromatic heterocycles. The fourth-order valence-electron chi connectivity index (χ4n) is 5.60. The number of rotatable bonds is 7. The van der Waals surface area contributed by atoms with Crippen LogP contribution in [0.5, 0.6) is 0 Å². The van der Waals surface area contributed by atoms with Gasteiger partial charge in [0, 0.05) is 41.9 Å². The van der Waals surface area contributed by atoms with Crippen molar-refractivity contribution in [2.45, 2.75) is 52.4 Å². The van der Waals surface area contributed by atoms with E-state index in [9.17, 15) is 18.0 Å². The number of alkyl halides is 3. The zero-order valence-corrected chi connectivity index (χ0v) is 24.6. The number of nitrogens with one attached hydrogen (secondary N) is 2. The maximum atomic E-state index is 13.5. The molecule has 218 valence electrons. The van der Waals surface area contributed by atoms with Gasteiger partial charge in [0.05, 0.1) is 23.3 Å². The number of amides is 1. The summed E-state index contributed by atoms with van der Waals surface area (Å²) < 4.78 is 42.4. The van der Waals surface area contributed by atoms with Crippen molar-refractivity contribution in [1.82, 2.24) is 19.8 Å². The topological polar surface area (TPSA) is 62.2 Å². The molecule has 2 N–H and O–H groups in total. The molecule has 0 spiro atoms. The molecule has 0 bridgehead atoms. The summed E-state index contributed by atoms with van der Waals surface area (Å²) in [6.07, 6.45) is -2.55. The third-order valence-corrected chi connectivity index (χ3v) is 8.02. The number of aryl methyl sites for hydroxylation is 3. The monoisotopic (exact) mass is 591 g/mol. The van der Waals surface area contributed by atoms with Crippen LogP contribution in [-0.4, -0.2) is 32.0 Å². The summed E-state index contributed by atoms with van der Waals surface area (Å²) in [4.78, 5) is 19.6. The van der Waals surface area contributed by atoms with Crippen LogP contribution in [0.3, 0.4) is 0 Å². The number of carbonyl (C=O) groups excluding carboxylic acids is 1. The molecule has 42 heavy (non-hydrogen) atoms. The Labute approximate surface area is 248 Å². The molecule has 1 aliphatic rings. The molecule has 0 radical (unpaired) electrons. The fraction of sp³-hybridized carbons (Fsp3) is 0.281. The Morgan fingerprint density at radius 3 is 2.52 bits per heavy atom. The summed E-state index contributed by atoms with van der Waals surface area (Å²) in [7, 11) is 0. The van der Waals surface area contributed by atoms with E-state index in [-0.39, 0.29) is 24.4 Å². The third-order valence-electron chi connectivity index (χ3n) is 7.67. The van der Waals surface area contributed by atoms with Crippen LogP contribution in [0.4, 0.5) is 18.9 Å². The molecule has 6 nitrogen and oxygen atoms in total. The van der Waals surface area contributed by atoms with Gasteiger partial charge < -0.3 is 20.1 Å². The number of hydrogen-bond donors (Lipinski definition) is 2. The van der Waals surface area contributed by atoms with Gasteiger partial charge in [0.25, 0.3) is 0 Å². The van der Waals surface area contributed by atoms with Crippen LogP contribution in [-0.2, 0) is 11.0 Å². The van der Waals surface area contributed by atoms with Crippen LogP contribution in [0.1, 0.15) is 57.8 Å². The number of carbonyl (C=O) groups is 1. The van der Waals surface area contributed by atoms with E-state index in [2.05, 4.69) is 15.6 Å². The minimum absolute atomic E-state index is 0.138. The first-order valence-electron chi connectivity index (χ1n) is 13.7. The molecule has 4 aromatic rings. The average Bonchev–Trinajstić information content (AvgIpc) is 3.43. The Morgan fingerprint density at radius 1 is 1.02 bits per heavy atom. The molecule has 0 unspecified atom stereocenters. The van der Waals surface area contributed by atoms with Crippen LogP contribution >= 0.6 is 12.2 Å². The van der Waals surface area contributed by atoms with Gasteiger partial charge in [0.2, 0.25) is 5.91 Å². The minimum Gasteiger partial charge on any atom is -0.352 e. The maximum Gasteiger partial charge on any atom is 0.416 e. The first-order valence-corrected chi connectivity index (χ1v) is 14.1. The van der Waals surface area contributed by atoms with Gasteiger partial charge in [-0.25, -0.2) is 0 Å². The van der Waals surface area contributed by atoms with Gasteiger partial charge in [-0.3, -0.25) is 9.78 Å². The van der Waals surface area contributed by atoms with Gasteiger partial charge in [-0.1, -0.05) is 24.3 Å². The van der Waals surface area contributed by atoms with E-state index in [4.69, 9.17) is 12.2 Å². The number of hydrogen-bond acceptors (Lipinski definition) is 3. The molecule has 1 fully saturated rings. The van der Waals surface area contributed by atoms with E-state index in [1.807, 2.05) is 79.6 Å². The lowest BCUT2D eigenvalue weighted by Gasteiger charge is -2.28. The van der Waals surface area contributed by atoms with E-state index in [0.717, 1.165) is 51.6 Å². The quantitative estimate of drug-likeness (QED) is 0.224. The van der Waals surface area contributed by atoms with Gasteiger partial charge in [0.1, 0.15) is 0 Å². The van der Waals surface area contributed by atoms with Gasteiger partial charge in [-0.2, -0.15) is 13.2 Å². The van der Waals surface area contributed by atoms with Crippen LogP contribution in [0.15, 0.2) is 72.9 Å². The smallest absolute Gasteiger partial charge is 0.352 e. The predicted octanol–water partition coefficient (Wildman–Crippen LogP) is 7.13. The summed E-state index contributed by atoms with van der Waals surface area (Å²) in [5.74, 6) is -0.138. The van der Waals surface area contributed by atoms with Crippen LogP contribution in [0, 0.1) is 27.7 Å². The molecule has 2 aromatic carbocycles. The molecule has 0 saturated carbocycles. The van der Waals surface area contributed by atoms with E-state index in [1.54, 1.807) is 12.3 Å². The van der Waals surface area contributed by atoms with Crippen molar-refractivity contribution in [3.05, 3.63) is 112 Å². The molecule has 1 aliphatic heterocycles. The third kappa shape index (κ3) is 5.90. The van der Waals surface area contributed by atoms with Crippen molar-refractivity contribution in [2.75, 3.05) is 11.9 Å². The van der Waals surface area contributed by atoms with Crippen molar-refractivity contribution in [3.63, 3.8) is 0 Å².